The van der Waals surface area contributed by atoms with Gasteiger partial charge in [0, 0.05) is 12.4 Å². The van der Waals surface area contributed by atoms with Gasteiger partial charge in [-0.15, -0.1) is 0 Å². The van der Waals surface area contributed by atoms with Crippen LogP contribution in [-0.4, -0.2) is 36.5 Å². The smallest absolute Gasteiger partial charge is 0.304 e. The fourth-order valence-corrected chi connectivity index (χ4v) is 6.08. The van der Waals surface area contributed by atoms with E-state index < -0.39 is 13.3 Å². The van der Waals surface area contributed by atoms with Crippen molar-refractivity contribution >= 4 is 25.1 Å². The molecule has 210 valence electrons. The highest BCUT2D eigenvalue weighted by Crippen LogP contribution is 2.49. The minimum atomic E-state index is -3.97. The first kappa shape index (κ1) is 34.9. The second kappa shape index (κ2) is 24.3. The van der Waals surface area contributed by atoms with Gasteiger partial charge in [0.05, 0.1) is 6.61 Å². The molecule has 0 aliphatic carbocycles. The lowest BCUT2D eigenvalue weighted by Crippen LogP contribution is -2.25. The zero-order valence-corrected chi connectivity index (χ0v) is 25.1. The van der Waals surface area contributed by atoms with E-state index >= 15 is 0 Å². The third-order valence-corrected chi connectivity index (χ3v) is 9.24. The minimum Gasteiger partial charge on any atom is -0.304 e. The first-order chi connectivity index (χ1) is 16.9. The van der Waals surface area contributed by atoms with Gasteiger partial charge in [-0.3, -0.25) is 4.89 Å². The van der Waals surface area contributed by atoms with Crippen LogP contribution in [0.25, 0.3) is 0 Å². The Balaban J connectivity index is 4.40. The molecule has 6 nitrogen and oxygen atoms in total. The highest BCUT2D eigenvalue weighted by atomic mass is 32.2. The van der Waals surface area contributed by atoms with Crippen molar-refractivity contribution in [2.45, 2.75) is 148 Å². The highest BCUT2D eigenvalue weighted by molar-refractivity contribution is 7.99. The Hall–Kier alpha value is -0.0700. The van der Waals surface area contributed by atoms with Crippen LogP contribution in [-0.2, 0) is 23.4 Å². The molecule has 0 aromatic heterocycles. The van der Waals surface area contributed by atoms with Crippen LogP contribution in [0.5, 0.6) is 0 Å². The van der Waals surface area contributed by atoms with Crippen LogP contribution in [0.1, 0.15) is 137 Å². The molecular formula is C27H55O6PS. The second-order valence-electron chi connectivity index (χ2n) is 9.46. The molecule has 0 saturated carbocycles. The molecule has 35 heavy (non-hydrogen) atoms. The fraction of sp³-hybridized carbons (Fsp3) is 0.963. The number of hydrogen-bond donors (Lipinski definition) is 0. The summed E-state index contributed by atoms with van der Waals surface area (Å²) in [6.07, 6.45) is 20.7. The van der Waals surface area contributed by atoms with Crippen molar-refractivity contribution in [3.8, 4) is 0 Å². The molecule has 0 bridgehead atoms. The summed E-state index contributed by atoms with van der Waals surface area (Å²) >= 11 is 1.90. The first-order valence-electron chi connectivity index (χ1n) is 14.2. The van der Waals surface area contributed by atoms with E-state index in [0.29, 0.717) is 6.42 Å². The van der Waals surface area contributed by atoms with Gasteiger partial charge in [0.15, 0.2) is 0 Å². The number of carbonyl (C=O) groups is 1. The molecule has 1 unspecified atom stereocenters. The molecular weight excluding hydrogens is 483 g/mol. The van der Waals surface area contributed by atoms with E-state index in [9.17, 15) is 9.36 Å². The summed E-state index contributed by atoms with van der Waals surface area (Å²) in [5.41, 5.74) is -1.08. The van der Waals surface area contributed by atoms with Gasteiger partial charge in [0.2, 0.25) is 0 Å². The number of rotatable bonds is 26. The van der Waals surface area contributed by atoms with Crippen LogP contribution in [0.2, 0.25) is 0 Å². The number of unbranched alkanes of at least 4 members (excludes halogenated alkanes) is 13. The SMILES string of the molecule is CCCCCCCCCCCCS[C@H](CCCCCCC)[C@H](C)OOC(=O)P(=O)(OC)OCCC. The predicted molar refractivity (Wildman–Crippen MR) is 149 cm³/mol. The highest BCUT2D eigenvalue weighted by Gasteiger charge is 2.37. The predicted octanol–water partition coefficient (Wildman–Crippen LogP) is 10.1. The van der Waals surface area contributed by atoms with Crippen LogP contribution in [0.15, 0.2) is 0 Å². The van der Waals surface area contributed by atoms with Crippen molar-refractivity contribution in [1.29, 1.82) is 0 Å². The molecule has 0 amide bonds. The standard InChI is InChI=1S/C27H55O6PS/c1-6-9-11-13-14-15-16-17-19-21-24-35-26(22-20-18-12-10-7-2)25(4)32-33-27(28)34(29,30-5)31-23-8-3/h25-26H,6-24H2,1-5H3/t25-,26+,34?/m0/s1. The molecule has 0 rings (SSSR count). The lowest BCUT2D eigenvalue weighted by molar-refractivity contribution is -0.262. The van der Waals surface area contributed by atoms with Crippen molar-refractivity contribution in [2.75, 3.05) is 19.5 Å². The summed E-state index contributed by atoms with van der Waals surface area (Å²) < 4.78 is 22.4. The summed E-state index contributed by atoms with van der Waals surface area (Å²) in [6.45, 7) is 8.42. The van der Waals surface area contributed by atoms with E-state index in [2.05, 4.69) is 13.8 Å². The summed E-state index contributed by atoms with van der Waals surface area (Å²) in [7, 11) is -2.79. The van der Waals surface area contributed by atoms with Crippen LogP contribution < -0.4 is 0 Å². The largest absolute Gasteiger partial charge is 0.452 e. The zero-order chi connectivity index (χ0) is 26.2. The molecule has 0 aliphatic rings. The van der Waals surface area contributed by atoms with Crippen molar-refractivity contribution in [2.24, 2.45) is 0 Å². The van der Waals surface area contributed by atoms with Crippen molar-refractivity contribution in [3.63, 3.8) is 0 Å². The second-order valence-corrected chi connectivity index (χ2v) is 12.8. The molecule has 0 spiro atoms. The van der Waals surface area contributed by atoms with Gasteiger partial charge < -0.3 is 9.05 Å². The Morgan fingerprint density at radius 2 is 1.29 bits per heavy atom. The first-order valence-corrected chi connectivity index (χ1v) is 16.8. The van der Waals surface area contributed by atoms with E-state index in [1.807, 2.05) is 25.6 Å². The molecule has 0 aromatic carbocycles. The summed E-state index contributed by atoms with van der Waals surface area (Å²) in [5.74, 6) is 1.08. The van der Waals surface area contributed by atoms with Gasteiger partial charge in [0.1, 0.15) is 6.10 Å². The number of hydrogen-bond acceptors (Lipinski definition) is 7. The van der Waals surface area contributed by atoms with Gasteiger partial charge in [0.25, 0.3) is 0 Å². The zero-order valence-electron chi connectivity index (χ0n) is 23.4. The van der Waals surface area contributed by atoms with Gasteiger partial charge >= 0.3 is 13.3 Å². The Kier molecular flexibility index (Phi) is 24.2. The Bertz CT molecular complexity index is 534. The molecule has 0 aromatic rings. The van der Waals surface area contributed by atoms with Gasteiger partial charge in [-0.2, -0.15) is 16.6 Å². The molecule has 0 fully saturated rings. The number of carbonyl (C=O) groups excluding carboxylic acids is 1. The maximum Gasteiger partial charge on any atom is 0.452 e. The average Bonchev–Trinajstić information content (AvgIpc) is 2.87. The normalized spacial score (nSPS) is 15.0. The number of thioether (sulfide) groups is 1. The summed E-state index contributed by atoms with van der Waals surface area (Å²) in [4.78, 5) is 22.6. The maximum absolute atomic E-state index is 12.5. The van der Waals surface area contributed by atoms with Crippen molar-refractivity contribution in [1.82, 2.24) is 0 Å². The molecule has 8 heteroatoms. The molecule has 0 aliphatic heterocycles. The Morgan fingerprint density at radius 3 is 1.80 bits per heavy atom. The van der Waals surface area contributed by atoms with E-state index in [0.717, 1.165) is 18.6 Å². The van der Waals surface area contributed by atoms with E-state index in [1.165, 1.54) is 97.0 Å². The lowest BCUT2D eigenvalue weighted by atomic mass is 10.1. The third kappa shape index (κ3) is 18.8. The maximum atomic E-state index is 12.5. The van der Waals surface area contributed by atoms with E-state index in [-0.39, 0.29) is 18.0 Å². The van der Waals surface area contributed by atoms with Gasteiger partial charge in [-0.1, -0.05) is 111 Å². The Morgan fingerprint density at radius 1 is 0.771 bits per heavy atom. The topological polar surface area (TPSA) is 71.1 Å². The molecule has 0 N–H and O–H groups in total. The fourth-order valence-electron chi connectivity index (χ4n) is 3.84. The molecule has 3 atom stereocenters. The van der Waals surface area contributed by atoms with Gasteiger partial charge in [-0.05, 0) is 31.9 Å². The van der Waals surface area contributed by atoms with Crippen LogP contribution in [0.3, 0.4) is 0 Å². The summed E-state index contributed by atoms with van der Waals surface area (Å²) in [5, 5.41) is 0.224. The van der Waals surface area contributed by atoms with Crippen LogP contribution in [0.4, 0.5) is 4.79 Å². The lowest BCUT2D eigenvalue weighted by Gasteiger charge is -2.23. The molecule has 0 saturated heterocycles. The monoisotopic (exact) mass is 538 g/mol. The average molecular weight is 539 g/mol. The molecule has 0 heterocycles. The van der Waals surface area contributed by atoms with Crippen molar-refractivity contribution in [3.05, 3.63) is 0 Å². The summed E-state index contributed by atoms with van der Waals surface area (Å²) in [6, 6.07) is 0. The van der Waals surface area contributed by atoms with Crippen LogP contribution in [0, 0.1) is 0 Å². The Labute approximate surface area is 220 Å². The quantitative estimate of drug-likeness (QED) is 0.0469. The minimum absolute atomic E-state index is 0.158. The van der Waals surface area contributed by atoms with E-state index in [1.54, 1.807) is 0 Å². The van der Waals surface area contributed by atoms with Gasteiger partial charge in [-0.25, -0.2) is 9.36 Å². The van der Waals surface area contributed by atoms with Crippen molar-refractivity contribution < 1.29 is 28.2 Å². The molecule has 0 radical (unpaired) electrons. The third-order valence-electron chi connectivity index (χ3n) is 6.15. The van der Waals surface area contributed by atoms with Crippen LogP contribution >= 0.6 is 19.4 Å². The van der Waals surface area contributed by atoms with E-state index in [4.69, 9.17) is 18.8 Å².